The maximum absolute atomic E-state index is 13.1. The Hall–Kier alpha value is -3.85. The van der Waals surface area contributed by atoms with E-state index in [4.69, 9.17) is 16.6 Å². The predicted octanol–water partition coefficient (Wildman–Crippen LogP) is -1.32. The van der Waals surface area contributed by atoms with Crippen LogP contribution in [0.25, 0.3) is 0 Å². The number of carbonyl (C=O) groups excluding carboxylic acids is 4. The van der Waals surface area contributed by atoms with E-state index >= 15 is 0 Å². The molecule has 0 fully saturated rings. The maximum atomic E-state index is 13.1. The van der Waals surface area contributed by atoms with Crippen molar-refractivity contribution < 1.29 is 44.1 Å². The zero-order chi connectivity index (χ0) is 29.5. The van der Waals surface area contributed by atoms with Gasteiger partial charge in [-0.3, -0.25) is 24.0 Å². The highest BCUT2D eigenvalue weighted by atomic mass is 32.2. The molecule has 0 spiro atoms. The Morgan fingerprint density at radius 1 is 0.821 bits per heavy atom. The summed E-state index contributed by atoms with van der Waals surface area (Å²) in [5.41, 5.74) is 11.7. The number of nitrogens with two attached hydrogens (primary N) is 2. The van der Waals surface area contributed by atoms with Crippen molar-refractivity contribution in [2.75, 3.05) is 12.0 Å². The molecule has 216 valence electrons. The van der Waals surface area contributed by atoms with Crippen LogP contribution in [0, 0.1) is 0 Å². The van der Waals surface area contributed by atoms with E-state index in [1.54, 1.807) is 18.4 Å². The molecule has 1 rings (SSSR count). The zero-order valence-electron chi connectivity index (χ0n) is 21.4. The molecule has 4 unspecified atom stereocenters. The Bertz CT molecular complexity index is 1020. The van der Waals surface area contributed by atoms with Crippen LogP contribution in [0.15, 0.2) is 24.3 Å². The second-order valence-corrected chi connectivity index (χ2v) is 9.70. The number of carboxylic acids is 2. The first-order valence-corrected chi connectivity index (χ1v) is 13.4. The summed E-state index contributed by atoms with van der Waals surface area (Å²) in [6, 6.07) is 0.981. The Morgan fingerprint density at radius 3 is 1.85 bits per heavy atom. The summed E-state index contributed by atoms with van der Waals surface area (Å²) < 4.78 is 0. The van der Waals surface area contributed by atoms with Gasteiger partial charge in [-0.25, -0.2) is 4.79 Å². The van der Waals surface area contributed by atoms with Crippen LogP contribution >= 0.6 is 11.8 Å². The number of nitrogens with one attached hydrogen (secondary N) is 3. The SMILES string of the molecule is CSCCC(NC(=O)C(N)Cc1ccc(O)cc1)C(=O)NC(CCC(=O)O)C(=O)NC(CCC(N)=O)C(=O)O. The molecule has 0 saturated heterocycles. The lowest BCUT2D eigenvalue weighted by Gasteiger charge is -2.25. The third-order valence-electron chi connectivity index (χ3n) is 5.55. The van der Waals surface area contributed by atoms with Gasteiger partial charge in [0.15, 0.2) is 0 Å². The van der Waals surface area contributed by atoms with Gasteiger partial charge in [0.05, 0.1) is 6.04 Å². The fraction of sp³-hybridized carbons (Fsp3) is 0.500. The number of hydrogen-bond donors (Lipinski definition) is 8. The Labute approximate surface area is 229 Å². The molecule has 0 heterocycles. The van der Waals surface area contributed by atoms with Crippen LogP contribution in [-0.2, 0) is 35.2 Å². The molecular weight excluding hydrogens is 534 g/mol. The van der Waals surface area contributed by atoms with Gasteiger partial charge in [0.2, 0.25) is 23.6 Å². The van der Waals surface area contributed by atoms with E-state index in [2.05, 4.69) is 16.0 Å². The van der Waals surface area contributed by atoms with Crippen molar-refractivity contribution in [3.63, 3.8) is 0 Å². The highest BCUT2D eigenvalue weighted by Crippen LogP contribution is 2.11. The highest BCUT2D eigenvalue weighted by Gasteiger charge is 2.30. The maximum Gasteiger partial charge on any atom is 0.326 e. The minimum absolute atomic E-state index is 0.0506. The first-order valence-electron chi connectivity index (χ1n) is 12.0. The van der Waals surface area contributed by atoms with Gasteiger partial charge in [0.25, 0.3) is 0 Å². The van der Waals surface area contributed by atoms with Crippen LogP contribution in [-0.4, -0.2) is 87.1 Å². The van der Waals surface area contributed by atoms with E-state index in [0.29, 0.717) is 11.3 Å². The monoisotopic (exact) mass is 569 g/mol. The third kappa shape index (κ3) is 13.0. The van der Waals surface area contributed by atoms with Crippen molar-refractivity contribution >= 4 is 47.3 Å². The van der Waals surface area contributed by atoms with Gasteiger partial charge in [-0.2, -0.15) is 11.8 Å². The molecular formula is C24H35N5O9S. The molecule has 0 aliphatic heterocycles. The molecule has 15 heteroatoms. The number of thioether (sulfide) groups is 1. The van der Waals surface area contributed by atoms with Crippen molar-refractivity contribution in [3.05, 3.63) is 29.8 Å². The summed E-state index contributed by atoms with van der Waals surface area (Å²) >= 11 is 1.40. The number of phenols is 1. The Kier molecular flexibility index (Phi) is 14.4. The van der Waals surface area contributed by atoms with E-state index < -0.39 is 66.2 Å². The molecule has 0 saturated carbocycles. The van der Waals surface area contributed by atoms with Gasteiger partial charge in [0, 0.05) is 12.8 Å². The van der Waals surface area contributed by atoms with E-state index in [1.807, 2.05) is 0 Å². The van der Waals surface area contributed by atoms with Crippen molar-refractivity contribution in [2.24, 2.45) is 11.5 Å². The van der Waals surface area contributed by atoms with Gasteiger partial charge in [-0.05, 0) is 55.4 Å². The van der Waals surface area contributed by atoms with Crippen molar-refractivity contribution in [1.29, 1.82) is 0 Å². The lowest BCUT2D eigenvalue weighted by Crippen LogP contribution is -2.57. The van der Waals surface area contributed by atoms with Crippen LogP contribution in [0.5, 0.6) is 5.75 Å². The quantitative estimate of drug-likeness (QED) is 0.103. The number of benzene rings is 1. The number of rotatable bonds is 18. The molecule has 0 bridgehead atoms. The van der Waals surface area contributed by atoms with Gasteiger partial charge < -0.3 is 42.7 Å². The third-order valence-corrected chi connectivity index (χ3v) is 6.19. The summed E-state index contributed by atoms with van der Waals surface area (Å²) in [6.07, 6.45) is 0.560. The Balaban J connectivity index is 2.98. The summed E-state index contributed by atoms with van der Waals surface area (Å²) in [5, 5.41) is 34.9. The molecule has 10 N–H and O–H groups in total. The normalized spacial score (nSPS) is 13.8. The van der Waals surface area contributed by atoms with E-state index in [9.17, 15) is 39.0 Å². The standard InChI is InChI=1S/C24H35N5O9S/c1-39-11-10-17(27-21(34)15(25)12-13-2-4-14(30)5-3-13)23(36)28-16(7-9-20(32)33)22(35)29-18(24(37)38)6-8-19(26)31/h2-5,15-18,30H,6-12,25H2,1H3,(H2,26,31)(H,27,34)(H,28,36)(H,29,35)(H,32,33)(H,37,38). The number of carbonyl (C=O) groups is 6. The summed E-state index contributed by atoms with van der Waals surface area (Å²) in [7, 11) is 0. The number of aliphatic carboxylic acids is 2. The minimum atomic E-state index is -1.50. The Morgan fingerprint density at radius 2 is 1.33 bits per heavy atom. The second-order valence-electron chi connectivity index (χ2n) is 8.72. The minimum Gasteiger partial charge on any atom is -0.508 e. The van der Waals surface area contributed by atoms with Crippen molar-refractivity contribution in [2.45, 2.75) is 62.7 Å². The van der Waals surface area contributed by atoms with E-state index in [1.165, 1.54) is 23.9 Å². The molecule has 0 aliphatic rings. The fourth-order valence-electron chi connectivity index (χ4n) is 3.39. The predicted molar refractivity (Wildman–Crippen MR) is 142 cm³/mol. The molecule has 14 nitrogen and oxygen atoms in total. The number of amides is 4. The van der Waals surface area contributed by atoms with Gasteiger partial charge in [0.1, 0.15) is 23.9 Å². The number of aromatic hydroxyl groups is 1. The largest absolute Gasteiger partial charge is 0.508 e. The smallest absolute Gasteiger partial charge is 0.326 e. The van der Waals surface area contributed by atoms with Gasteiger partial charge in [-0.1, -0.05) is 12.1 Å². The van der Waals surface area contributed by atoms with Crippen LogP contribution in [0.2, 0.25) is 0 Å². The average molecular weight is 570 g/mol. The average Bonchev–Trinajstić information content (AvgIpc) is 2.87. The van der Waals surface area contributed by atoms with Crippen molar-refractivity contribution in [1.82, 2.24) is 16.0 Å². The fourth-order valence-corrected chi connectivity index (χ4v) is 3.86. The number of hydrogen-bond acceptors (Lipinski definition) is 9. The lowest BCUT2D eigenvalue weighted by molar-refractivity contribution is -0.143. The van der Waals surface area contributed by atoms with E-state index in [0.717, 1.165) is 0 Å². The molecule has 0 aliphatic carbocycles. The van der Waals surface area contributed by atoms with Crippen LogP contribution in [0.1, 0.15) is 37.7 Å². The van der Waals surface area contributed by atoms with Crippen LogP contribution < -0.4 is 27.4 Å². The van der Waals surface area contributed by atoms with Crippen molar-refractivity contribution in [3.8, 4) is 5.75 Å². The summed E-state index contributed by atoms with van der Waals surface area (Å²) in [6.45, 7) is 0. The number of carboxylic acid groups (broad SMARTS) is 2. The van der Waals surface area contributed by atoms with Gasteiger partial charge >= 0.3 is 11.9 Å². The first kappa shape index (κ1) is 33.2. The topological polar surface area (TPSA) is 251 Å². The van der Waals surface area contributed by atoms with E-state index in [-0.39, 0.29) is 37.9 Å². The molecule has 4 amide bonds. The molecule has 39 heavy (non-hydrogen) atoms. The molecule has 1 aromatic carbocycles. The first-order chi connectivity index (χ1) is 18.3. The molecule has 0 aromatic heterocycles. The molecule has 4 atom stereocenters. The molecule has 0 radical (unpaired) electrons. The number of primary amides is 1. The van der Waals surface area contributed by atoms with Crippen LogP contribution in [0.3, 0.4) is 0 Å². The zero-order valence-corrected chi connectivity index (χ0v) is 22.2. The lowest BCUT2D eigenvalue weighted by atomic mass is 10.0. The highest BCUT2D eigenvalue weighted by molar-refractivity contribution is 7.98. The second kappa shape index (κ2) is 16.9. The van der Waals surface area contributed by atoms with Crippen LogP contribution in [0.4, 0.5) is 0 Å². The van der Waals surface area contributed by atoms with Gasteiger partial charge in [-0.15, -0.1) is 0 Å². The number of phenolic OH excluding ortho intramolecular Hbond substituents is 1. The molecule has 1 aromatic rings. The summed E-state index contributed by atoms with van der Waals surface area (Å²) in [4.78, 5) is 72.3. The summed E-state index contributed by atoms with van der Waals surface area (Å²) in [5.74, 6) is -5.38.